The smallest absolute Gasteiger partial charge is 0.161 e. The van der Waals surface area contributed by atoms with E-state index in [-0.39, 0.29) is 0 Å². The molecule has 0 amide bonds. The monoisotopic (exact) mass is 323 g/mol. The summed E-state index contributed by atoms with van der Waals surface area (Å²) in [4.78, 5) is 2.27. The van der Waals surface area contributed by atoms with Crippen molar-refractivity contribution < 1.29 is 0 Å². The number of benzene rings is 2. The Morgan fingerprint density at radius 1 is 0.957 bits per heavy atom. The average molecular weight is 324 g/mol. The SMILES string of the molecule is Clc1ccc(Nc2nnc(N3C[CH]CC3)c3ccccc23)cc1. The first-order valence-electron chi connectivity index (χ1n) is 7.66. The molecule has 1 N–H and O–H groups in total. The van der Waals surface area contributed by atoms with E-state index >= 15 is 0 Å². The standard InChI is InChI=1S/C18H16ClN4/c19-13-7-9-14(10-8-13)20-17-15-5-1-2-6-16(15)18(22-21-17)23-11-3-4-12-23/h1-3,5-10H,4,11-12H2,(H,20,21). The van der Waals surface area contributed by atoms with Crippen LogP contribution in [-0.2, 0) is 0 Å². The molecule has 115 valence electrons. The minimum atomic E-state index is 0.715. The topological polar surface area (TPSA) is 41.1 Å². The summed E-state index contributed by atoms with van der Waals surface area (Å²) in [7, 11) is 0. The summed E-state index contributed by atoms with van der Waals surface area (Å²) < 4.78 is 0. The molecule has 4 rings (SSSR count). The van der Waals surface area contributed by atoms with Gasteiger partial charge in [0.1, 0.15) is 0 Å². The van der Waals surface area contributed by atoms with E-state index in [0.29, 0.717) is 5.02 Å². The summed E-state index contributed by atoms with van der Waals surface area (Å²) in [5.74, 6) is 1.71. The molecule has 2 aromatic carbocycles. The third-order valence-electron chi connectivity index (χ3n) is 4.03. The number of nitrogens with zero attached hydrogens (tertiary/aromatic N) is 3. The van der Waals surface area contributed by atoms with E-state index in [2.05, 4.69) is 39.0 Å². The van der Waals surface area contributed by atoms with E-state index in [9.17, 15) is 0 Å². The zero-order valence-electron chi connectivity index (χ0n) is 12.5. The number of hydrogen-bond donors (Lipinski definition) is 1. The molecule has 1 radical (unpaired) electrons. The number of rotatable bonds is 3. The van der Waals surface area contributed by atoms with Crippen LogP contribution in [0.1, 0.15) is 6.42 Å². The Morgan fingerprint density at radius 3 is 2.48 bits per heavy atom. The van der Waals surface area contributed by atoms with Gasteiger partial charge in [-0.2, -0.15) is 0 Å². The molecule has 0 atom stereocenters. The first-order valence-corrected chi connectivity index (χ1v) is 8.04. The van der Waals surface area contributed by atoms with Crippen LogP contribution in [0.25, 0.3) is 10.8 Å². The molecular weight excluding hydrogens is 308 g/mol. The lowest BCUT2D eigenvalue weighted by Crippen LogP contribution is -2.20. The van der Waals surface area contributed by atoms with Gasteiger partial charge in [0.05, 0.1) is 0 Å². The summed E-state index contributed by atoms with van der Waals surface area (Å²) in [6, 6.07) is 15.8. The number of hydrogen-bond acceptors (Lipinski definition) is 4. The molecule has 1 aromatic heterocycles. The van der Waals surface area contributed by atoms with Crippen molar-refractivity contribution in [2.45, 2.75) is 6.42 Å². The maximum atomic E-state index is 5.94. The van der Waals surface area contributed by atoms with Gasteiger partial charge in [0.2, 0.25) is 0 Å². The van der Waals surface area contributed by atoms with Gasteiger partial charge in [-0.1, -0.05) is 35.9 Å². The molecule has 0 bridgehead atoms. The van der Waals surface area contributed by atoms with E-state index in [1.54, 1.807) is 0 Å². The van der Waals surface area contributed by atoms with Crippen molar-refractivity contribution in [1.29, 1.82) is 0 Å². The molecule has 0 unspecified atom stereocenters. The molecule has 1 aliphatic heterocycles. The second-order valence-electron chi connectivity index (χ2n) is 5.57. The van der Waals surface area contributed by atoms with Crippen molar-refractivity contribution in [2.75, 3.05) is 23.3 Å². The number of halogens is 1. The summed E-state index contributed by atoms with van der Waals surface area (Å²) in [6.45, 7) is 1.94. The van der Waals surface area contributed by atoms with Gasteiger partial charge in [0.25, 0.3) is 0 Å². The Hall–Kier alpha value is -2.33. The quantitative estimate of drug-likeness (QED) is 0.773. The van der Waals surface area contributed by atoms with E-state index in [4.69, 9.17) is 11.6 Å². The third kappa shape index (κ3) is 2.82. The molecule has 1 aliphatic rings. The average Bonchev–Trinajstić information content (AvgIpc) is 3.11. The number of fused-ring (bicyclic) bond motifs is 1. The highest BCUT2D eigenvalue weighted by atomic mass is 35.5. The zero-order chi connectivity index (χ0) is 15.6. The molecule has 2 heterocycles. The van der Waals surface area contributed by atoms with E-state index in [1.807, 2.05) is 36.4 Å². The fourth-order valence-electron chi connectivity index (χ4n) is 2.86. The second kappa shape index (κ2) is 6.05. The molecule has 4 nitrogen and oxygen atoms in total. The summed E-state index contributed by atoms with van der Waals surface area (Å²) in [6.07, 6.45) is 3.37. The van der Waals surface area contributed by atoms with Crippen LogP contribution in [0.5, 0.6) is 0 Å². The summed E-state index contributed by atoms with van der Waals surface area (Å²) in [5, 5.41) is 15.1. The van der Waals surface area contributed by atoms with Crippen molar-refractivity contribution in [3.63, 3.8) is 0 Å². The van der Waals surface area contributed by atoms with Gasteiger partial charge < -0.3 is 10.2 Å². The van der Waals surface area contributed by atoms with Gasteiger partial charge in [0.15, 0.2) is 11.6 Å². The van der Waals surface area contributed by atoms with Crippen LogP contribution in [0.2, 0.25) is 5.02 Å². The van der Waals surface area contributed by atoms with Crippen LogP contribution in [-0.4, -0.2) is 23.3 Å². The highest BCUT2D eigenvalue weighted by molar-refractivity contribution is 6.30. The highest BCUT2D eigenvalue weighted by Crippen LogP contribution is 2.31. The van der Waals surface area contributed by atoms with Gasteiger partial charge in [0, 0.05) is 34.6 Å². The van der Waals surface area contributed by atoms with Gasteiger partial charge in [-0.25, -0.2) is 0 Å². The Kier molecular flexibility index (Phi) is 3.75. The molecule has 3 aromatic rings. The van der Waals surface area contributed by atoms with Crippen LogP contribution >= 0.6 is 11.6 Å². The molecule has 0 saturated carbocycles. The first kappa shape index (κ1) is 14.3. The molecule has 1 fully saturated rings. The van der Waals surface area contributed by atoms with Gasteiger partial charge in [-0.05, 0) is 37.1 Å². The van der Waals surface area contributed by atoms with Crippen molar-refractivity contribution in [2.24, 2.45) is 0 Å². The second-order valence-corrected chi connectivity index (χ2v) is 6.01. The molecule has 0 aliphatic carbocycles. The molecule has 1 saturated heterocycles. The van der Waals surface area contributed by atoms with Crippen LogP contribution in [0.4, 0.5) is 17.3 Å². The number of nitrogens with one attached hydrogen (secondary N) is 1. The van der Waals surface area contributed by atoms with Gasteiger partial charge >= 0.3 is 0 Å². The lowest BCUT2D eigenvalue weighted by Gasteiger charge is -2.19. The molecule has 23 heavy (non-hydrogen) atoms. The fourth-order valence-corrected chi connectivity index (χ4v) is 2.99. The highest BCUT2D eigenvalue weighted by Gasteiger charge is 2.18. The van der Waals surface area contributed by atoms with Gasteiger partial charge in [-0.15, -0.1) is 10.2 Å². The van der Waals surface area contributed by atoms with Crippen LogP contribution in [0, 0.1) is 6.42 Å². The van der Waals surface area contributed by atoms with Crippen molar-refractivity contribution in [1.82, 2.24) is 10.2 Å². The minimum absolute atomic E-state index is 0.715. The van der Waals surface area contributed by atoms with E-state index < -0.39 is 0 Å². The lowest BCUT2D eigenvalue weighted by atomic mass is 10.1. The minimum Gasteiger partial charge on any atom is -0.354 e. The van der Waals surface area contributed by atoms with Crippen molar-refractivity contribution >= 4 is 39.7 Å². The third-order valence-corrected chi connectivity index (χ3v) is 4.28. The predicted molar refractivity (Wildman–Crippen MR) is 95.4 cm³/mol. The predicted octanol–water partition coefficient (Wildman–Crippen LogP) is 4.44. The summed E-state index contributed by atoms with van der Waals surface area (Å²) in [5.41, 5.74) is 0.941. The van der Waals surface area contributed by atoms with Crippen LogP contribution < -0.4 is 10.2 Å². The fraction of sp³-hybridized carbons (Fsp3) is 0.167. The van der Waals surface area contributed by atoms with Crippen LogP contribution in [0.15, 0.2) is 48.5 Å². The number of aromatic nitrogens is 2. The molecule has 0 spiro atoms. The zero-order valence-corrected chi connectivity index (χ0v) is 13.3. The largest absolute Gasteiger partial charge is 0.354 e. The number of anilines is 3. The van der Waals surface area contributed by atoms with Gasteiger partial charge in [-0.3, -0.25) is 0 Å². The summed E-state index contributed by atoms with van der Waals surface area (Å²) >= 11 is 5.94. The van der Waals surface area contributed by atoms with E-state index in [1.165, 1.54) is 0 Å². The van der Waals surface area contributed by atoms with E-state index in [0.717, 1.165) is 47.6 Å². The normalized spacial score (nSPS) is 14.4. The van der Waals surface area contributed by atoms with Crippen molar-refractivity contribution in [3.8, 4) is 0 Å². The lowest BCUT2D eigenvalue weighted by molar-refractivity contribution is 0.909. The molecular formula is C18H16ClN4. The Morgan fingerprint density at radius 2 is 1.74 bits per heavy atom. The maximum Gasteiger partial charge on any atom is 0.161 e. The Labute approximate surface area is 140 Å². The van der Waals surface area contributed by atoms with Crippen molar-refractivity contribution in [3.05, 3.63) is 60.0 Å². The Bertz CT molecular complexity index is 826. The maximum absolute atomic E-state index is 5.94. The van der Waals surface area contributed by atoms with Crippen LogP contribution in [0.3, 0.4) is 0 Å². The molecule has 5 heteroatoms. The first-order chi connectivity index (χ1) is 11.3. The Balaban J connectivity index is 1.76.